The lowest BCUT2D eigenvalue weighted by molar-refractivity contribution is -0.384. The van der Waals surface area contributed by atoms with Crippen LogP contribution in [-0.2, 0) is 9.53 Å². The zero-order valence-electron chi connectivity index (χ0n) is 20.2. The van der Waals surface area contributed by atoms with Crippen LogP contribution in [-0.4, -0.2) is 22.1 Å². The number of nitro groups is 1. The third kappa shape index (κ3) is 4.59. The number of aromatic nitrogens is 1. The fourth-order valence-corrected chi connectivity index (χ4v) is 5.56. The molecule has 38 heavy (non-hydrogen) atoms. The van der Waals surface area contributed by atoms with E-state index < -0.39 is 16.9 Å². The third-order valence-corrected chi connectivity index (χ3v) is 7.26. The Morgan fingerprint density at radius 3 is 2.68 bits per heavy atom. The van der Waals surface area contributed by atoms with Crippen LogP contribution in [0.15, 0.2) is 86.1 Å². The number of carbonyl (C=O) groups excluding carboxylic acids is 1. The SMILES string of the molecule is CCOC(=O)C1=C(C)N=c2sc(=Cc3ccc(-c4ccc([N+](=O)[O-])cc4Cl)o3)c(=O)n2C1c1ccccc1. The molecule has 0 radical (unpaired) electrons. The van der Waals surface area contributed by atoms with E-state index in [1.54, 1.807) is 32.1 Å². The molecule has 192 valence electrons. The zero-order valence-corrected chi connectivity index (χ0v) is 21.8. The maximum Gasteiger partial charge on any atom is 0.338 e. The Balaban J connectivity index is 1.60. The van der Waals surface area contributed by atoms with E-state index in [0.29, 0.717) is 37.7 Å². The molecule has 4 aromatic rings. The van der Waals surface area contributed by atoms with Gasteiger partial charge in [-0.25, -0.2) is 9.79 Å². The van der Waals surface area contributed by atoms with Gasteiger partial charge in [0.1, 0.15) is 11.5 Å². The summed E-state index contributed by atoms with van der Waals surface area (Å²) in [5.41, 5.74) is 1.58. The molecule has 0 fully saturated rings. The fraction of sp³-hybridized carbons (Fsp3) is 0.148. The summed E-state index contributed by atoms with van der Waals surface area (Å²) in [4.78, 5) is 42.0. The highest BCUT2D eigenvalue weighted by molar-refractivity contribution is 7.07. The van der Waals surface area contributed by atoms with Gasteiger partial charge in [-0.15, -0.1) is 0 Å². The van der Waals surface area contributed by atoms with Gasteiger partial charge in [0.2, 0.25) is 0 Å². The monoisotopic (exact) mass is 549 g/mol. The molecule has 0 saturated carbocycles. The Kier molecular flexibility index (Phi) is 6.83. The number of rotatable bonds is 6. The number of nitro benzene ring substituents is 1. The summed E-state index contributed by atoms with van der Waals surface area (Å²) in [5, 5.41) is 11.2. The van der Waals surface area contributed by atoms with Crippen LogP contribution in [0, 0.1) is 10.1 Å². The van der Waals surface area contributed by atoms with Crippen molar-refractivity contribution in [3.63, 3.8) is 0 Å². The minimum Gasteiger partial charge on any atom is -0.463 e. The van der Waals surface area contributed by atoms with Crippen molar-refractivity contribution >= 4 is 40.7 Å². The van der Waals surface area contributed by atoms with Crippen LogP contribution in [0.25, 0.3) is 17.4 Å². The zero-order chi connectivity index (χ0) is 27.0. The Morgan fingerprint density at radius 1 is 1.24 bits per heavy atom. The minimum absolute atomic E-state index is 0.128. The van der Waals surface area contributed by atoms with Crippen molar-refractivity contribution in [2.24, 2.45) is 4.99 Å². The van der Waals surface area contributed by atoms with Gasteiger partial charge in [0, 0.05) is 23.8 Å². The van der Waals surface area contributed by atoms with Crippen molar-refractivity contribution < 1.29 is 18.9 Å². The van der Waals surface area contributed by atoms with Gasteiger partial charge in [-0.2, -0.15) is 0 Å². The second-order valence-corrected chi connectivity index (χ2v) is 9.75. The van der Waals surface area contributed by atoms with Crippen LogP contribution in [0.4, 0.5) is 5.69 Å². The number of furan rings is 1. The topological polar surface area (TPSA) is 117 Å². The minimum atomic E-state index is -0.695. The predicted octanol–water partition coefficient (Wildman–Crippen LogP) is 4.62. The molecule has 2 aromatic heterocycles. The van der Waals surface area contributed by atoms with Crippen LogP contribution in [0.2, 0.25) is 5.02 Å². The number of allylic oxidation sites excluding steroid dienone is 1. The summed E-state index contributed by atoms with van der Waals surface area (Å²) in [6.07, 6.45) is 1.60. The smallest absolute Gasteiger partial charge is 0.338 e. The van der Waals surface area contributed by atoms with E-state index in [9.17, 15) is 19.7 Å². The molecule has 1 aliphatic rings. The van der Waals surface area contributed by atoms with Gasteiger partial charge in [-0.3, -0.25) is 19.5 Å². The lowest BCUT2D eigenvalue weighted by Gasteiger charge is -2.24. The maximum absolute atomic E-state index is 13.6. The summed E-state index contributed by atoms with van der Waals surface area (Å²) in [7, 11) is 0. The van der Waals surface area contributed by atoms with Gasteiger partial charge in [0.25, 0.3) is 11.2 Å². The fourth-order valence-electron chi connectivity index (χ4n) is 4.26. The highest BCUT2D eigenvalue weighted by Crippen LogP contribution is 2.33. The molecule has 0 bridgehead atoms. The molecule has 0 amide bonds. The van der Waals surface area contributed by atoms with E-state index in [2.05, 4.69) is 4.99 Å². The average molecular weight is 550 g/mol. The number of carbonyl (C=O) groups is 1. The van der Waals surface area contributed by atoms with Crippen molar-refractivity contribution in [3.8, 4) is 11.3 Å². The lowest BCUT2D eigenvalue weighted by Crippen LogP contribution is -2.39. The molecule has 1 aliphatic heterocycles. The van der Waals surface area contributed by atoms with E-state index in [4.69, 9.17) is 20.8 Å². The molecule has 0 N–H and O–H groups in total. The average Bonchev–Trinajstić information content (AvgIpc) is 3.48. The van der Waals surface area contributed by atoms with Gasteiger partial charge >= 0.3 is 5.97 Å². The van der Waals surface area contributed by atoms with Gasteiger partial charge in [0.15, 0.2) is 4.80 Å². The van der Waals surface area contributed by atoms with Crippen molar-refractivity contribution in [1.29, 1.82) is 0 Å². The normalized spacial score (nSPS) is 15.2. The number of nitrogens with zero attached hydrogens (tertiary/aromatic N) is 3. The van der Waals surface area contributed by atoms with Gasteiger partial charge in [-0.1, -0.05) is 53.3 Å². The molecule has 0 saturated heterocycles. The first-order valence-electron chi connectivity index (χ1n) is 11.6. The first-order valence-corrected chi connectivity index (χ1v) is 12.8. The van der Waals surface area contributed by atoms with Gasteiger partial charge in [-0.05, 0) is 37.6 Å². The number of hydrogen-bond donors (Lipinski definition) is 0. The highest BCUT2D eigenvalue weighted by atomic mass is 35.5. The van der Waals surface area contributed by atoms with E-state index >= 15 is 0 Å². The predicted molar refractivity (Wildman–Crippen MR) is 143 cm³/mol. The summed E-state index contributed by atoms with van der Waals surface area (Å²) in [5.74, 6) is 0.260. The van der Waals surface area contributed by atoms with Crippen LogP contribution in [0.1, 0.15) is 31.2 Å². The van der Waals surface area contributed by atoms with Crippen molar-refractivity contribution in [3.05, 3.63) is 118 Å². The quantitative estimate of drug-likeness (QED) is 0.197. The summed E-state index contributed by atoms with van der Waals surface area (Å²) in [6.45, 7) is 3.65. The first-order chi connectivity index (χ1) is 18.3. The molecule has 1 unspecified atom stereocenters. The number of non-ortho nitro benzene ring substituents is 1. The number of esters is 1. The number of fused-ring (bicyclic) bond motifs is 1. The molecule has 3 heterocycles. The summed E-state index contributed by atoms with van der Waals surface area (Å²) in [6, 6.07) is 16.0. The van der Waals surface area contributed by atoms with Crippen LogP contribution >= 0.6 is 22.9 Å². The van der Waals surface area contributed by atoms with Crippen molar-refractivity contribution in [2.75, 3.05) is 6.61 Å². The van der Waals surface area contributed by atoms with Crippen LogP contribution in [0.5, 0.6) is 0 Å². The number of hydrogen-bond acceptors (Lipinski definition) is 8. The van der Waals surface area contributed by atoms with E-state index in [1.807, 2.05) is 30.3 Å². The molecular weight excluding hydrogens is 530 g/mol. The Hall–Kier alpha value is -4.28. The molecule has 9 nitrogen and oxygen atoms in total. The molecule has 11 heteroatoms. The third-order valence-electron chi connectivity index (χ3n) is 5.96. The van der Waals surface area contributed by atoms with Crippen LogP contribution in [0.3, 0.4) is 0 Å². The Bertz CT molecular complexity index is 1780. The van der Waals surface area contributed by atoms with Gasteiger partial charge < -0.3 is 9.15 Å². The Morgan fingerprint density at radius 2 is 2.00 bits per heavy atom. The molecule has 5 rings (SSSR count). The first kappa shape index (κ1) is 25.4. The lowest BCUT2D eigenvalue weighted by atomic mass is 9.96. The number of thiazole rings is 1. The second-order valence-electron chi connectivity index (χ2n) is 8.34. The van der Waals surface area contributed by atoms with Crippen LogP contribution < -0.4 is 14.9 Å². The second kappa shape index (κ2) is 10.2. The molecular formula is C27H20ClN3O6S. The van der Waals surface area contributed by atoms with Gasteiger partial charge in [0.05, 0.1) is 38.4 Å². The number of benzene rings is 2. The van der Waals surface area contributed by atoms with E-state index in [1.165, 1.54) is 34.1 Å². The Labute approximate surface area is 224 Å². The van der Waals surface area contributed by atoms with E-state index in [0.717, 1.165) is 5.56 Å². The van der Waals surface area contributed by atoms with E-state index in [-0.39, 0.29) is 22.9 Å². The molecule has 0 spiro atoms. The summed E-state index contributed by atoms with van der Waals surface area (Å²) < 4.78 is 13.1. The van der Waals surface area contributed by atoms with Crippen molar-refractivity contribution in [2.45, 2.75) is 19.9 Å². The highest BCUT2D eigenvalue weighted by Gasteiger charge is 2.33. The molecule has 2 aromatic carbocycles. The summed E-state index contributed by atoms with van der Waals surface area (Å²) >= 11 is 7.42. The molecule has 0 aliphatic carbocycles. The standard InChI is InChI=1S/C27H20ClN3O6S/c1-3-36-26(33)23-15(2)29-27-30(24(23)16-7-5-4-6-8-16)25(32)22(38-27)14-18-10-12-21(37-18)19-11-9-17(31(34)35)13-20(19)28/h4-14,24H,3H2,1-2H3. The van der Waals surface area contributed by atoms with Crippen molar-refractivity contribution in [1.82, 2.24) is 4.57 Å². The maximum atomic E-state index is 13.6. The number of halogens is 1. The largest absolute Gasteiger partial charge is 0.463 e. The molecule has 1 atom stereocenters. The number of ether oxygens (including phenoxy) is 1.